The van der Waals surface area contributed by atoms with E-state index >= 15 is 0 Å². The van der Waals surface area contributed by atoms with E-state index in [9.17, 15) is 9.90 Å². The number of aliphatic hydroxyl groups is 1. The van der Waals surface area contributed by atoms with Gasteiger partial charge in [-0.25, -0.2) is 4.79 Å². The fourth-order valence-corrected chi connectivity index (χ4v) is 4.22. The molecule has 1 aliphatic carbocycles. The zero-order valence-corrected chi connectivity index (χ0v) is 17.7. The lowest BCUT2D eigenvalue weighted by Crippen LogP contribution is -2.34. The van der Waals surface area contributed by atoms with Crippen molar-refractivity contribution in [2.45, 2.75) is 12.5 Å². The summed E-state index contributed by atoms with van der Waals surface area (Å²) in [4.78, 5) is 14.3. The molecule has 0 heterocycles. The van der Waals surface area contributed by atoms with Gasteiger partial charge in [0.05, 0.1) is 16.7 Å². The minimum Gasteiger partial charge on any atom is -0.448 e. The van der Waals surface area contributed by atoms with Gasteiger partial charge in [-0.15, -0.1) is 0 Å². The zero-order valence-electron chi connectivity index (χ0n) is 16.2. The summed E-state index contributed by atoms with van der Waals surface area (Å²) in [6.45, 7) is 0.507. The van der Waals surface area contributed by atoms with Crippen LogP contribution in [0, 0.1) is 0 Å². The molecule has 0 unspecified atom stereocenters. The van der Waals surface area contributed by atoms with E-state index in [0.717, 1.165) is 16.7 Å². The highest BCUT2D eigenvalue weighted by Gasteiger charge is 2.29. The maximum atomic E-state index is 12.8. The van der Waals surface area contributed by atoms with Crippen molar-refractivity contribution in [1.82, 2.24) is 4.90 Å². The number of ether oxygens (including phenoxy) is 1. The number of benzene rings is 3. The van der Waals surface area contributed by atoms with E-state index in [0.29, 0.717) is 10.0 Å². The van der Waals surface area contributed by atoms with E-state index in [-0.39, 0.29) is 32.2 Å². The van der Waals surface area contributed by atoms with E-state index in [2.05, 4.69) is 24.3 Å². The Kier molecular flexibility index (Phi) is 6.28. The predicted octanol–water partition coefficient (Wildman–Crippen LogP) is 5.74. The molecule has 3 aromatic carbocycles. The summed E-state index contributed by atoms with van der Waals surface area (Å²) in [6, 6.07) is 21.6. The van der Waals surface area contributed by atoms with Gasteiger partial charge >= 0.3 is 6.09 Å². The van der Waals surface area contributed by atoms with E-state index in [1.807, 2.05) is 24.3 Å². The van der Waals surface area contributed by atoms with E-state index < -0.39 is 6.09 Å². The molecule has 1 N–H and O–H groups in total. The molecule has 1 amide bonds. The molecule has 0 aliphatic heterocycles. The first-order valence-electron chi connectivity index (χ1n) is 9.73. The third-order valence-electron chi connectivity index (χ3n) is 5.32. The highest BCUT2D eigenvalue weighted by Crippen LogP contribution is 2.44. The van der Waals surface area contributed by atoms with Crippen molar-refractivity contribution in [1.29, 1.82) is 0 Å². The molecule has 4 rings (SSSR count). The summed E-state index contributed by atoms with van der Waals surface area (Å²) in [6.07, 6.45) is -0.475. The fraction of sp³-hybridized carbons (Fsp3) is 0.208. The average Bonchev–Trinajstić information content (AvgIpc) is 3.08. The topological polar surface area (TPSA) is 49.8 Å². The molecule has 0 aromatic heterocycles. The maximum absolute atomic E-state index is 12.8. The highest BCUT2D eigenvalue weighted by atomic mass is 35.5. The molecular formula is C24H21Cl2NO3. The molecule has 6 heteroatoms. The summed E-state index contributed by atoms with van der Waals surface area (Å²) in [5.41, 5.74) is 5.48. The second-order valence-corrected chi connectivity index (χ2v) is 8.01. The van der Waals surface area contributed by atoms with Crippen molar-refractivity contribution in [3.63, 3.8) is 0 Å². The van der Waals surface area contributed by atoms with Gasteiger partial charge in [-0.05, 0) is 39.9 Å². The number of halogens is 2. The van der Waals surface area contributed by atoms with Crippen molar-refractivity contribution in [3.05, 3.63) is 93.5 Å². The Morgan fingerprint density at radius 3 is 2.17 bits per heavy atom. The van der Waals surface area contributed by atoms with Crippen LogP contribution in [0.5, 0.6) is 0 Å². The smallest absolute Gasteiger partial charge is 0.410 e. The Labute approximate surface area is 185 Å². The van der Waals surface area contributed by atoms with Crippen LogP contribution in [0.4, 0.5) is 4.79 Å². The molecule has 0 atom stereocenters. The lowest BCUT2D eigenvalue weighted by atomic mass is 9.98. The summed E-state index contributed by atoms with van der Waals surface area (Å²) in [7, 11) is 0. The van der Waals surface area contributed by atoms with Crippen LogP contribution in [-0.4, -0.2) is 35.9 Å². The molecule has 4 nitrogen and oxygen atoms in total. The summed E-state index contributed by atoms with van der Waals surface area (Å²) >= 11 is 12.0. The third kappa shape index (κ3) is 4.17. The molecule has 0 bridgehead atoms. The number of hydrogen-bond donors (Lipinski definition) is 1. The van der Waals surface area contributed by atoms with Gasteiger partial charge in [0.25, 0.3) is 0 Å². The van der Waals surface area contributed by atoms with Crippen LogP contribution in [-0.2, 0) is 11.3 Å². The first-order valence-corrected chi connectivity index (χ1v) is 10.5. The zero-order chi connectivity index (χ0) is 21.1. The van der Waals surface area contributed by atoms with Crippen LogP contribution in [0.1, 0.15) is 22.6 Å². The lowest BCUT2D eigenvalue weighted by Gasteiger charge is -2.23. The van der Waals surface area contributed by atoms with E-state index in [1.54, 1.807) is 18.2 Å². The van der Waals surface area contributed by atoms with Gasteiger partial charge in [0.15, 0.2) is 0 Å². The second-order valence-electron chi connectivity index (χ2n) is 7.20. The van der Waals surface area contributed by atoms with Crippen LogP contribution >= 0.6 is 23.2 Å². The van der Waals surface area contributed by atoms with Crippen molar-refractivity contribution in [2.75, 3.05) is 19.8 Å². The fourth-order valence-electron chi connectivity index (χ4n) is 3.90. The predicted molar refractivity (Wildman–Crippen MR) is 119 cm³/mol. The minimum absolute atomic E-state index is 0.0118. The Bertz CT molecular complexity index is 1020. The van der Waals surface area contributed by atoms with Gasteiger partial charge < -0.3 is 14.7 Å². The average molecular weight is 442 g/mol. The number of fused-ring (bicyclic) bond motifs is 3. The van der Waals surface area contributed by atoms with Crippen molar-refractivity contribution >= 4 is 29.3 Å². The summed E-state index contributed by atoms with van der Waals surface area (Å²) < 4.78 is 5.70. The SMILES string of the molecule is O=C(OCC1c2ccccc2-c2ccccc21)N(CCO)Cc1ccc(Cl)c(Cl)c1. The molecule has 1 aliphatic rings. The molecule has 30 heavy (non-hydrogen) atoms. The third-order valence-corrected chi connectivity index (χ3v) is 6.06. The van der Waals surface area contributed by atoms with Crippen molar-refractivity contribution < 1.29 is 14.6 Å². The summed E-state index contributed by atoms with van der Waals surface area (Å²) in [5, 5.41) is 10.3. The van der Waals surface area contributed by atoms with Crippen LogP contribution in [0.15, 0.2) is 66.7 Å². The standard InChI is InChI=1S/C24H21Cl2NO3/c25-22-10-9-16(13-23(22)26)14-27(11-12-28)24(29)30-15-21-19-7-3-1-5-17(19)18-6-2-4-8-20(18)21/h1-10,13,21,28H,11-12,14-15H2. The van der Waals surface area contributed by atoms with Gasteiger partial charge in [0, 0.05) is 19.0 Å². The normalized spacial score (nSPS) is 12.4. The number of carbonyl (C=O) groups excluding carboxylic acids is 1. The molecular weight excluding hydrogens is 421 g/mol. The lowest BCUT2D eigenvalue weighted by molar-refractivity contribution is 0.0892. The van der Waals surface area contributed by atoms with Gasteiger partial charge in [0.2, 0.25) is 0 Å². The molecule has 3 aromatic rings. The van der Waals surface area contributed by atoms with Crippen molar-refractivity contribution in [3.8, 4) is 11.1 Å². The number of carbonyl (C=O) groups is 1. The van der Waals surface area contributed by atoms with Gasteiger partial charge in [0.1, 0.15) is 6.61 Å². The first kappa shape index (κ1) is 20.7. The quantitative estimate of drug-likeness (QED) is 0.530. The van der Waals surface area contributed by atoms with E-state index in [1.165, 1.54) is 16.0 Å². The molecule has 0 saturated carbocycles. The van der Waals surface area contributed by atoms with Crippen molar-refractivity contribution in [2.24, 2.45) is 0 Å². The van der Waals surface area contributed by atoms with Crippen LogP contribution in [0.25, 0.3) is 11.1 Å². The van der Waals surface area contributed by atoms with Gasteiger partial charge in [-0.2, -0.15) is 0 Å². The Morgan fingerprint density at radius 2 is 1.57 bits per heavy atom. The van der Waals surface area contributed by atoms with E-state index in [4.69, 9.17) is 27.9 Å². The van der Waals surface area contributed by atoms with Crippen LogP contribution < -0.4 is 0 Å². The highest BCUT2D eigenvalue weighted by molar-refractivity contribution is 6.42. The van der Waals surface area contributed by atoms with Gasteiger partial charge in [-0.1, -0.05) is 77.8 Å². The number of rotatable bonds is 6. The number of nitrogens with zero attached hydrogens (tertiary/aromatic N) is 1. The maximum Gasteiger partial charge on any atom is 0.410 e. The molecule has 0 radical (unpaired) electrons. The summed E-state index contributed by atoms with van der Waals surface area (Å²) in [5.74, 6) is -0.0118. The number of hydrogen-bond acceptors (Lipinski definition) is 3. The molecule has 0 fully saturated rings. The minimum atomic E-state index is -0.475. The Morgan fingerprint density at radius 1 is 0.933 bits per heavy atom. The number of aliphatic hydroxyl groups excluding tert-OH is 1. The second kappa shape index (κ2) is 9.09. The molecule has 0 spiro atoms. The van der Waals surface area contributed by atoms with Gasteiger partial charge in [-0.3, -0.25) is 0 Å². The Hall–Kier alpha value is -2.53. The largest absolute Gasteiger partial charge is 0.448 e. The first-order chi connectivity index (χ1) is 14.6. The monoisotopic (exact) mass is 441 g/mol. The van der Waals surface area contributed by atoms with Crippen LogP contribution in [0.2, 0.25) is 10.0 Å². The molecule has 0 saturated heterocycles. The molecule has 154 valence electrons. The number of amides is 1. The Balaban J connectivity index is 1.49. The van der Waals surface area contributed by atoms with Crippen LogP contribution in [0.3, 0.4) is 0 Å².